The molecule has 126 valence electrons. The molecule has 4 atom stereocenters. The number of benzene rings is 1. The lowest BCUT2D eigenvalue weighted by molar-refractivity contribution is -0.146. The van der Waals surface area contributed by atoms with E-state index < -0.39 is 17.8 Å². The predicted octanol–water partition coefficient (Wildman–Crippen LogP) is 2.13. The molecule has 4 unspecified atom stereocenters. The molecular weight excluding hydrogens is 308 g/mol. The Morgan fingerprint density at radius 2 is 1.67 bits per heavy atom. The van der Waals surface area contributed by atoms with Crippen LogP contribution in [0.15, 0.2) is 36.4 Å². The number of amides is 2. The Kier molecular flexibility index (Phi) is 4.13. The van der Waals surface area contributed by atoms with Gasteiger partial charge in [0.05, 0.1) is 11.8 Å². The third-order valence-corrected chi connectivity index (χ3v) is 5.04. The maximum absolute atomic E-state index is 12.6. The molecule has 0 aliphatic heterocycles. The van der Waals surface area contributed by atoms with E-state index in [1.165, 1.54) is 11.8 Å². The minimum atomic E-state index is -0.912. The highest BCUT2D eigenvalue weighted by molar-refractivity contribution is 5.97. The van der Waals surface area contributed by atoms with Crippen molar-refractivity contribution in [1.82, 2.24) is 0 Å². The first-order chi connectivity index (χ1) is 11.4. The molecule has 24 heavy (non-hydrogen) atoms. The molecule has 1 aromatic rings. The van der Waals surface area contributed by atoms with E-state index in [1.807, 2.05) is 12.2 Å². The Labute approximate surface area is 140 Å². The zero-order valence-corrected chi connectivity index (χ0v) is 13.6. The first-order valence-corrected chi connectivity index (χ1v) is 7.95. The molecule has 0 aromatic heterocycles. The van der Waals surface area contributed by atoms with Crippen LogP contribution in [0.2, 0.25) is 0 Å². The minimum absolute atomic E-state index is 0.000723. The summed E-state index contributed by atoms with van der Waals surface area (Å²) in [5.41, 5.74) is 1.32. The Bertz CT molecular complexity index is 710. The molecule has 6 nitrogen and oxygen atoms in total. The Morgan fingerprint density at radius 1 is 1.08 bits per heavy atom. The quantitative estimate of drug-likeness (QED) is 0.829. The number of nitrogens with one attached hydrogen (secondary N) is 1. The summed E-state index contributed by atoms with van der Waals surface area (Å²) >= 11 is 0. The van der Waals surface area contributed by atoms with Crippen LogP contribution in [0.1, 0.15) is 13.3 Å². The number of carbonyl (C=O) groups is 3. The average Bonchev–Trinajstić information content (AvgIpc) is 3.15. The van der Waals surface area contributed by atoms with Gasteiger partial charge in [0, 0.05) is 25.3 Å². The summed E-state index contributed by atoms with van der Waals surface area (Å²) in [6, 6.07) is 6.91. The molecule has 1 fully saturated rings. The van der Waals surface area contributed by atoms with Gasteiger partial charge in [-0.15, -0.1) is 0 Å². The van der Waals surface area contributed by atoms with Gasteiger partial charge in [0.2, 0.25) is 11.8 Å². The number of carbonyl (C=O) groups excluding carboxylic acids is 2. The first kappa shape index (κ1) is 16.2. The number of carboxylic acid groups (broad SMARTS) is 1. The number of aliphatic carboxylic acids is 1. The Hall–Kier alpha value is -2.63. The van der Waals surface area contributed by atoms with Crippen LogP contribution < -0.4 is 10.2 Å². The normalized spacial score (nSPS) is 27.1. The van der Waals surface area contributed by atoms with Gasteiger partial charge < -0.3 is 15.3 Å². The van der Waals surface area contributed by atoms with Crippen LogP contribution in [-0.2, 0) is 14.4 Å². The van der Waals surface area contributed by atoms with Crippen molar-refractivity contribution in [2.45, 2.75) is 13.3 Å². The Morgan fingerprint density at radius 3 is 2.21 bits per heavy atom. The summed E-state index contributed by atoms with van der Waals surface area (Å²) in [5.74, 6) is -2.48. The van der Waals surface area contributed by atoms with Crippen molar-refractivity contribution in [2.75, 3.05) is 17.3 Å². The standard InChI is InChI=1S/C18H20N2O4/c1-10(21)20(2)14-7-5-13(6-8-14)19-17(22)15-11-3-4-12(9-11)16(15)18(23)24/h3-8,11-12,15-16H,9H2,1-2H3,(H,19,22)(H,23,24). The van der Waals surface area contributed by atoms with Gasteiger partial charge in [0.15, 0.2) is 0 Å². The average molecular weight is 328 g/mol. The lowest BCUT2D eigenvalue weighted by atomic mass is 9.82. The molecule has 1 aromatic carbocycles. The van der Waals surface area contributed by atoms with Crippen molar-refractivity contribution in [3.05, 3.63) is 36.4 Å². The fourth-order valence-electron chi connectivity index (χ4n) is 3.69. The van der Waals surface area contributed by atoms with E-state index in [9.17, 15) is 19.5 Å². The fourth-order valence-corrected chi connectivity index (χ4v) is 3.69. The highest BCUT2D eigenvalue weighted by Crippen LogP contribution is 2.48. The van der Waals surface area contributed by atoms with Crippen molar-refractivity contribution in [1.29, 1.82) is 0 Å². The molecule has 0 radical (unpaired) electrons. The van der Waals surface area contributed by atoms with Crippen molar-refractivity contribution >= 4 is 29.2 Å². The third-order valence-electron chi connectivity index (χ3n) is 5.04. The zero-order valence-electron chi connectivity index (χ0n) is 13.6. The molecule has 2 amide bonds. The van der Waals surface area contributed by atoms with Crippen LogP contribution in [0, 0.1) is 23.7 Å². The lowest BCUT2D eigenvalue weighted by Gasteiger charge is -2.24. The highest BCUT2D eigenvalue weighted by Gasteiger charge is 2.51. The number of nitrogens with zero attached hydrogens (tertiary/aromatic N) is 1. The van der Waals surface area contributed by atoms with Crippen LogP contribution in [0.25, 0.3) is 0 Å². The van der Waals surface area contributed by atoms with Crippen LogP contribution in [-0.4, -0.2) is 29.9 Å². The van der Waals surface area contributed by atoms with E-state index in [2.05, 4.69) is 5.32 Å². The van der Waals surface area contributed by atoms with E-state index in [4.69, 9.17) is 0 Å². The van der Waals surface area contributed by atoms with Crippen molar-refractivity contribution < 1.29 is 19.5 Å². The minimum Gasteiger partial charge on any atom is -0.481 e. The molecule has 2 N–H and O–H groups in total. The summed E-state index contributed by atoms with van der Waals surface area (Å²) in [4.78, 5) is 36.9. The summed E-state index contributed by atoms with van der Waals surface area (Å²) in [5, 5.41) is 12.2. The van der Waals surface area contributed by atoms with Crippen molar-refractivity contribution in [3.63, 3.8) is 0 Å². The molecule has 0 saturated heterocycles. The molecule has 6 heteroatoms. The van der Waals surface area contributed by atoms with Gasteiger partial charge in [0.25, 0.3) is 0 Å². The maximum Gasteiger partial charge on any atom is 0.307 e. The number of allylic oxidation sites excluding steroid dienone is 2. The number of fused-ring (bicyclic) bond motifs is 2. The number of anilines is 2. The second-order valence-electron chi connectivity index (χ2n) is 6.45. The van der Waals surface area contributed by atoms with Crippen LogP contribution >= 0.6 is 0 Å². The molecule has 1 saturated carbocycles. The van der Waals surface area contributed by atoms with Gasteiger partial charge in [0.1, 0.15) is 0 Å². The first-order valence-electron chi connectivity index (χ1n) is 7.95. The van der Waals surface area contributed by atoms with Gasteiger partial charge in [-0.2, -0.15) is 0 Å². The molecule has 2 aliphatic carbocycles. The summed E-state index contributed by atoms with van der Waals surface area (Å²) in [6.45, 7) is 1.48. The van der Waals surface area contributed by atoms with E-state index >= 15 is 0 Å². The number of hydrogen-bond acceptors (Lipinski definition) is 3. The molecular formula is C18H20N2O4. The summed E-state index contributed by atoms with van der Waals surface area (Å²) in [6.07, 6.45) is 4.61. The van der Waals surface area contributed by atoms with Crippen LogP contribution in [0.5, 0.6) is 0 Å². The summed E-state index contributed by atoms with van der Waals surface area (Å²) < 4.78 is 0. The largest absolute Gasteiger partial charge is 0.481 e. The lowest BCUT2D eigenvalue weighted by Crippen LogP contribution is -2.36. The zero-order chi connectivity index (χ0) is 17.4. The number of carboxylic acids is 1. The smallest absolute Gasteiger partial charge is 0.307 e. The van der Waals surface area contributed by atoms with Gasteiger partial charge >= 0.3 is 5.97 Å². The van der Waals surface area contributed by atoms with Crippen molar-refractivity contribution in [3.8, 4) is 0 Å². The van der Waals surface area contributed by atoms with Gasteiger partial charge in [-0.3, -0.25) is 14.4 Å². The van der Waals surface area contributed by atoms with Gasteiger partial charge in [-0.05, 0) is 42.5 Å². The van der Waals surface area contributed by atoms with Gasteiger partial charge in [-0.1, -0.05) is 12.2 Å². The van der Waals surface area contributed by atoms with E-state index in [-0.39, 0.29) is 23.7 Å². The number of rotatable bonds is 4. The van der Waals surface area contributed by atoms with Crippen molar-refractivity contribution in [2.24, 2.45) is 23.7 Å². The molecule has 3 rings (SSSR count). The van der Waals surface area contributed by atoms with E-state index in [0.29, 0.717) is 5.69 Å². The Balaban J connectivity index is 1.72. The SMILES string of the molecule is CC(=O)N(C)c1ccc(NC(=O)C2C3C=CC(C3)C2C(=O)O)cc1. The molecule has 0 spiro atoms. The fraction of sp³-hybridized carbons (Fsp3) is 0.389. The van der Waals surface area contributed by atoms with Crippen LogP contribution in [0.4, 0.5) is 11.4 Å². The molecule has 2 bridgehead atoms. The van der Waals surface area contributed by atoms with Crippen LogP contribution in [0.3, 0.4) is 0 Å². The predicted molar refractivity (Wildman–Crippen MR) is 89.5 cm³/mol. The number of hydrogen-bond donors (Lipinski definition) is 2. The van der Waals surface area contributed by atoms with E-state index in [1.54, 1.807) is 31.3 Å². The second kappa shape index (κ2) is 6.11. The second-order valence-corrected chi connectivity index (χ2v) is 6.45. The monoisotopic (exact) mass is 328 g/mol. The third kappa shape index (κ3) is 2.79. The van der Waals surface area contributed by atoms with Gasteiger partial charge in [-0.25, -0.2) is 0 Å². The maximum atomic E-state index is 12.6. The molecule has 2 aliphatic rings. The summed E-state index contributed by atoms with van der Waals surface area (Å²) in [7, 11) is 1.68. The topological polar surface area (TPSA) is 86.7 Å². The van der Waals surface area contributed by atoms with E-state index in [0.717, 1.165) is 12.1 Å². The molecule has 0 heterocycles. The highest BCUT2D eigenvalue weighted by atomic mass is 16.4.